The van der Waals surface area contributed by atoms with Crippen molar-refractivity contribution < 1.29 is 14.3 Å². The second-order valence-corrected chi connectivity index (χ2v) is 3.56. The topological polar surface area (TPSA) is 35.5 Å². The van der Waals surface area contributed by atoms with Gasteiger partial charge in [0.1, 0.15) is 5.92 Å². The van der Waals surface area contributed by atoms with Gasteiger partial charge in [0.25, 0.3) is 0 Å². The van der Waals surface area contributed by atoms with E-state index in [-0.39, 0.29) is 11.9 Å². The molecule has 0 saturated carbocycles. The van der Waals surface area contributed by atoms with Crippen LogP contribution in [0.15, 0.2) is 30.3 Å². The SMILES string of the molecule is CCCOCC(C(=O)OC)c1ccccc1. The molecule has 3 nitrogen and oxygen atoms in total. The Hall–Kier alpha value is -1.35. The van der Waals surface area contributed by atoms with E-state index < -0.39 is 0 Å². The normalized spacial score (nSPS) is 12.1. The molecule has 0 N–H and O–H groups in total. The number of benzene rings is 1. The number of esters is 1. The molecule has 0 fully saturated rings. The summed E-state index contributed by atoms with van der Waals surface area (Å²) in [6.07, 6.45) is 0.947. The van der Waals surface area contributed by atoms with Crippen LogP contribution in [0.25, 0.3) is 0 Å². The molecule has 0 aromatic heterocycles. The summed E-state index contributed by atoms with van der Waals surface area (Å²) in [5, 5.41) is 0. The van der Waals surface area contributed by atoms with Gasteiger partial charge in [0.05, 0.1) is 13.7 Å². The lowest BCUT2D eigenvalue weighted by Gasteiger charge is -2.14. The van der Waals surface area contributed by atoms with E-state index in [4.69, 9.17) is 9.47 Å². The van der Waals surface area contributed by atoms with Gasteiger partial charge in [-0.1, -0.05) is 37.3 Å². The lowest BCUT2D eigenvalue weighted by Crippen LogP contribution is -2.20. The first-order valence-electron chi connectivity index (χ1n) is 5.50. The summed E-state index contributed by atoms with van der Waals surface area (Å²) in [4.78, 5) is 11.6. The Morgan fingerprint density at radius 2 is 2.00 bits per heavy atom. The van der Waals surface area contributed by atoms with Crippen LogP contribution in [-0.4, -0.2) is 26.3 Å². The highest BCUT2D eigenvalue weighted by Gasteiger charge is 2.21. The van der Waals surface area contributed by atoms with Crippen LogP contribution in [0, 0.1) is 0 Å². The molecule has 0 amide bonds. The van der Waals surface area contributed by atoms with Gasteiger partial charge in [-0.15, -0.1) is 0 Å². The standard InChI is InChI=1S/C13H18O3/c1-3-9-16-10-12(13(14)15-2)11-7-5-4-6-8-11/h4-8,12H,3,9-10H2,1-2H3. The summed E-state index contributed by atoms with van der Waals surface area (Å²) >= 11 is 0. The van der Waals surface area contributed by atoms with Crippen molar-refractivity contribution in [3.05, 3.63) is 35.9 Å². The molecule has 16 heavy (non-hydrogen) atoms. The predicted octanol–water partition coefficient (Wildman–Crippen LogP) is 2.37. The molecule has 1 unspecified atom stereocenters. The van der Waals surface area contributed by atoms with E-state index >= 15 is 0 Å². The van der Waals surface area contributed by atoms with Crippen molar-refractivity contribution in [3.63, 3.8) is 0 Å². The summed E-state index contributed by atoms with van der Waals surface area (Å²) in [7, 11) is 1.40. The zero-order valence-electron chi connectivity index (χ0n) is 9.81. The molecule has 1 aromatic rings. The highest BCUT2D eigenvalue weighted by atomic mass is 16.5. The van der Waals surface area contributed by atoms with Crippen molar-refractivity contribution >= 4 is 5.97 Å². The number of hydrogen-bond acceptors (Lipinski definition) is 3. The van der Waals surface area contributed by atoms with Crippen LogP contribution in [0.4, 0.5) is 0 Å². The Morgan fingerprint density at radius 3 is 2.56 bits per heavy atom. The smallest absolute Gasteiger partial charge is 0.315 e. The van der Waals surface area contributed by atoms with Crippen LogP contribution in [-0.2, 0) is 14.3 Å². The minimum absolute atomic E-state index is 0.248. The van der Waals surface area contributed by atoms with Gasteiger partial charge in [-0.3, -0.25) is 4.79 Å². The first kappa shape index (κ1) is 12.7. The number of carbonyl (C=O) groups is 1. The highest BCUT2D eigenvalue weighted by molar-refractivity contribution is 5.78. The molecule has 0 aliphatic carbocycles. The van der Waals surface area contributed by atoms with E-state index in [9.17, 15) is 4.79 Å². The molecular formula is C13H18O3. The molecule has 0 aliphatic rings. The van der Waals surface area contributed by atoms with E-state index in [0.29, 0.717) is 13.2 Å². The average Bonchev–Trinajstić information content (AvgIpc) is 2.35. The Labute approximate surface area is 96.4 Å². The number of methoxy groups -OCH3 is 1. The van der Waals surface area contributed by atoms with Gasteiger partial charge in [0.2, 0.25) is 0 Å². The van der Waals surface area contributed by atoms with Crippen molar-refractivity contribution in [1.82, 2.24) is 0 Å². The molecule has 0 radical (unpaired) electrons. The molecule has 1 atom stereocenters. The van der Waals surface area contributed by atoms with Crippen molar-refractivity contribution in [2.75, 3.05) is 20.3 Å². The quantitative estimate of drug-likeness (QED) is 0.547. The lowest BCUT2D eigenvalue weighted by atomic mass is 10.0. The van der Waals surface area contributed by atoms with Gasteiger partial charge in [-0.05, 0) is 12.0 Å². The average molecular weight is 222 g/mol. The molecule has 0 spiro atoms. The molecule has 0 aliphatic heterocycles. The van der Waals surface area contributed by atoms with Crippen LogP contribution in [0.2, 0.25) is 0 Å². The third kappa shape index (κ3) is 3.66. The minimum Gasteiger partial charge on any atom is -0.468 e. The van der Waals surface area contributed by atoms with Gasteiger partial charge in [-0.2, -0.15) is 0 Å². The molecule has 88 valence electrons. The van der Waals surface area contributed by atoms with Crippen LogP contribution in [0.5, 0.6) is 0 Å². The molecule has 1 aromatic carbocycles. The zero-order chi connectivity index (χ0) is 11.8. The summed E-state index contributed by atoms with van der Waals surface area (Å²) in [6.45, 7) is 3.08. The highest BCUT2D eigenvalue weighted by Crippen LogP contribution is 2.17. The Bertz CT molecular complexity index is 308. The molecule has 0 heterocycles. The van der Waals surface area contributed by atoms with Crippen molar-refractivity contribution in [1.29, 1.82) is 0 Å². The maximum atomic E-state index is 11.6. The summed E-state index contributed by atoms with van der Waals surface area (Å²) in [6, 6.07) is 9.56. The second-order valence-electron chi connectivity index (χ2n) is 3.56. The Kier molecular flexibility index (Phi) is 5.57. The second kappa shape index (κ2) is 7.01. The fourth-order valence-corrected chi connectivity index (χ4v) is 1.47. The molecule has 0 saturated heterocycles. The van der Waals surface area contributed by atoms with E-state index in [1.807, 2.05) is 37.3 Å². The third-order valence-corrected chi connectivity index (χ3v) is 2.32. The van der Waals surface area contributed by atoms with E-state index in [1.165, 1.54) is 7.11 Å². The van der Waals surface area contributed by atoms with Crippen LogP contribution >= 0.6 is 0 Å². The number of hydrogen-bond donors (Lipinski definition) is 0. The Balaban J connectivity index is 2.68. The van der Waals surface area contributed by atoms with E-state index in [1.54, 1.807) is 0 Å². The minimum atomic E-state index is -0.322. The maximum absolute atomic E-state index is 11.6. The zero-order valence-corrected chi connectivity index (χ0v) is 9.81. The first-order valence-corrected chi connectivity index (χ1v) is 5.50. The van der Waals surface area contributed by atoms with Gasteiger partial charge in [-0.25, -0.2) is 0 Å². The monoisotopic (exact) mass is 222 g/mol. The summed E-state index contributed by atoms with van der Waals surface area (Å²) in [5.41, 5.74) is 0.936. The van der Waals surface area contributed by atoms with Gasteiger partial charge >= 0.3 is 5.97 Å². The van der Waals surface area contributed by atoms with Gasteiger partial charge < -0.3 is 9.47 Å². The number of carbonyl (C=O) groups excluding carboxylic acids is 1. The van der Waals surface area contributed by atoms with Crippen molar-refractivity contribution in [3.8, 4) is 0 Å². The van der Waals surface area contributed by atoms with E-state index in [2.05, 4.69) is 0 Å². The molecule has 0 bridgehead atoms. The van der Waals surface area contributed by atoms with Crippen LogP contribution in [0.3, 0.4) is 0 Å². The molecule has 3 heteroatoms. The first-order chi connectivity index (χ1) is 7.79. The Morgan fingerprint density at radius 1 is 1.31 bits per heavy atom. The number of rotatable bonds is 6. The largest absolute Gasteiger partial charge is 0.468 e. The van der Waals surface area contributed by atoms with Crippen molar-refractivity contribution in [2.24, 2.45) is 0 Å². The fraction of sp³-hybridized carbons (Fsp3) is 0.462. The van der Waals surface area contributed by atoms with Gasteiger partial charge in [0.15, 0.2) is 0 Å². The molecular weight excluding hydrogens is 204 g/mol. The predicted molar refractivity (Wildman–Crippen MR) is 62.3 cm³/mol. The lowest BCUT2D eigenvalue weighted by molar-refractivity contribution is -0.144. The van der Waals surface area contributed by atoms with Crippen molar-refractivity contribution in [2.45, 2.75) is 19.3 Å². The summed E-state index contributed by atoms with van der Waals surface area (Å²) in [5.74, 6) is -0.569. The van der Waals surface area contributed by atoms with Crippen LogP contribution in [0.1, 0.15) is 24.8 Å². The summed E-state index contributed by atoms with van der Waals surface area (Å²) < 4.78 is 10.2. The number of ether oxygens (including phenoxy) is 2. The maximum Gasteiger partial charge on any atom is 0.315 e. The van der Waals surface area contributed by atoms with E-state index in [0.717, 1.165) is 12.0 Å². The fourth-order valence-electron chi connectivity index (χ4n) is 1.47. The van der Waals surface area contributed by atoms with Crippen LogP contribution < -0.4 is 0 Å². The van der Waals surface area contributed by atoms with Gasteiger partial charge in [0, 0.05) is 6.61 Å². The third-order valence-electron chi connectivity index (χ3n) is 2.32. The molecule has 1 rings (SSSR count).